The van der Waals surface area contributed by atoms with E-state index in [0.29, 0.717) is 38.1 Å². The van der Waals surface area contributed by atoms with Crippen LogP contribution in [0.3, 0.4) is 0 Å². The Kier molecular flexibility index (Phi) is 5.64. The van der Waals surface area contributed by atoms with Crippen molar-refractivity contribution < 1.29 is 23.9 Å². The summed E-state index contributed by atoms with van der Waals surface area (Å²) >= 11 is 1.58. The maximum atomic E-state index is 13.7. The first-order valence-electron chi connectivity index (χ1n) is 11.1. The number of piperidine rings is 1. The average molecular weight is 453 g/mol. The summed E-state index contributed by atoms with van der Waals surface area (Å²) < 4.78 is 5.51. The first kappa shape index (κ1) is 22.2. The van der Waals surface area contributed by atoms with Gasteiger partial charge >= 0.3 is 6.09 Å². The van der Waals surface area contributed by atoms with E-state index in [2.05, 4.69) is 0 Å². The summed E-state index contributed by atoms with van der Waals surface area (Å²) in [6.07, 6.45) is 3.40. The van der Waals surface area contributed by atoms with Crippen molar-refractivity contribution in [3.63, 3.8) is 0 Å². The number of nitrogens with two attached hydrogens (primary N) is 1. The maximum absolute atomic E-state index is 13.7. The van der Waals surface area contributed by atoms with E-state index in [-0.39, 0.29) is 17.2 Å². The first-order valence-corrected chi connectivity index (χ1v) is 12.1. The molecule has 4 saturated heterocycles. The molecule has 0 saturated carbocycles. The number of thioether (sulfide) groups is 1. The topological polar surface area (TPSA) is 113 Å². The molecule has 4 heterocycles. The van der Waals surface area contributed by atoms with E-state index in [4.69, 9.17) is 10.5 Å². The van der Waals surface area contributed by atoms with Gasteiger partial charge in [-0.15, -0.1) is 11.8 Å². The smallest absolute Gasteiger partial charge is 0.410 e. The van der Waals surface area contributed by atoms with Crippen molar-refractivity contribution >= 4 is 35.6 Å². The second-order valence-electron chi connectivity index (χ2n) is 9.91. The Labute approximate surface area is 187 Å². The molecule has 31 heavy (non-hydrogen) atoms. The van der Waals surface area contributed by atoms with Crippen molar-refractivity contribution in [3.8, 4) is 0 Å². The molecule has 0 aliphatic carbocycles. The average Bonchev–Trinajstić information content (AvgIpc) is 3.41. The number of carbonyl (C=O) groups is 4. The summed E-state index contributed by atoms with van der Waals surface area (Å²) in [5.74, 6) is -0.339. The van der Waals surface area contributed by atoms with Crippen LogP contribution in [0.25, 0.3) is 0 Å². The molecule has 4 fully saturated rings. The number of rotatable bonds is 2. The Balaban J connectivity index is 1.56. The van der Waals surface area contributed by atoms with Crippen molar-refractivity contribution in [1.29, 1.82) is 0 Å². The number of ether oxygens (including phenoxy) is 1. The quantitative estimate of drug-likeness (QED) is 0.676. The van der Waals surface area contributed by atoms with E-state index < -0.39 is 35.2 Å². The highest BCUT2D eigenvalue weighted by atomic mass is 32.2. The number of primary amides is 1. The highest BCUT2D eigenvalue weighted by Crippen LogP contribution is 2.46. The van der Waals surface area contributed by atoms with Crippen LogP contribution in [0.1, 0.15) is 59.3 Å². The van der Waals surface area contributed by atoms with E-state index in [1.54, 1.807) is 42.3 Å². The Morgan fingerprint density at radius 3 is 2.52 bits per heavy atom. The van der Waals surface area contributed by atoms with Gasteiger partial charge in [-0.1, -0.05) is 0 Å². The second kappa shape index (κ2) is 7.86. The second-order valence-corrected chi connectivity index (χ2v) is 11.1. The number of likely N-dealkylation sites (tertiary alicyclic amines) is 2. The van der Waals surface area contributed by atoms with E-state index in [0.717, 1.165) is 19.3 Å². The Morgan fingerprint density at radius 2 is 1.84 bits per heavy atom. The van der Waals surface area contributed by atoms with Crippen molar-refractivity contribution in [3.05, 3.63) is 0 Å². The Hall–Kier alpha value is -1.97. The minimum atomic E-state index is -0.936. The van der Waals surface area contributed by atoms with Crippen molar-refractivity contribution in [1.82, 2.24) is 14.7 Å². The molecule has 0 aromatic carbocycles. The molecule has 4 aliphatic heterocycles. The van der Waals surface area contributed by atoms with Gasteiger partial charge in [0.2, 0.25) is 17.7 Å². The van der Waals surface area contributed by atoms with Crippen molar-refractivity contribution in [2.24, 2.45) is 5.73 Å². The molecule has 10 heteroatoms. The van der Waals surface area contributed by atoms with Crippen molar-refractivity contribution in [2.75, 3.05) is 18.8 Å². The normalized spacial score (nSPS) is 33.2. The predicted octanol–water partition coefficient (Wildman–Crippen LogP) is 1.30. The van der Waals surface area contributed by atoms with E-state index >= 15 is 0 Å². The summed E-state index contributed by atoms with van der Waals surface area (Å²) in [5.41, 5.74) is 3.98. The van der Waals surface area contributed by atoms with Crippen LogP contribution in [0.5, 0.6) is 0 Å². The molecule has 4 rings (SSSR count). The Morgan fingerprint density at radius 1 is 1.10 bits per heavy atom. The largest absolute Gasteiger partial charge is 0.444 e. The van der Waals surface area contributed by atoms with Gasteiger partial charge in [0, 0.05) is 18.8 Å². The van der Waals surface area contributed by atoms with Gasteiger partial charge < -0.3 is 20.3 Å². The molecule has 0 aromatic rings. The van der Waals surface area contributed by atoms with Crippen LogP contribution in [-0.4, -0.2) is 86.0 Å². The minimum Gasteiger partial charge on any atom is -0.444 e. The van der Waals surface area contributed by atoms with Crippen LogP contribution < -0.4 is 5.73 Å². The first-order chi connectivity index (χ1) is 14.5. The van der Waals surface area contributed by atoms with Gasteiger partial charge in [-0.2, -0.15) is 0 Å². The summed E-state index contributed by atoms with van der Waals surface area (Å²) in [7, 11) is 0. The lowest BCUT2D eigenvalue weighted by Gasteiger charge is -2.47. The molecular weight excluding hydrogens is 420 g/mol. The fourth-order valence-corrected chi connectivity index (χ4v) is 6.83. The van der Waals surface area contributed by atoms with Crippen LogP contribution in [0, 0.1) is 0 Å². The third-order valence-electron chi connectivity index (χ3n) is 6.78. The lowest BCUT2D eigenvalue weighted by atomic mass is 9.84. The summed E-state index contributed by atoms with van der Waals surface area (Å²) in [6.45, 7) is 6.35. The molecule has 2 N–H and O–H groups in total. The van der Waals surface area contributed by atoms with Crippen molar-refractivity contribution in [2.45, 2.75) is 87.9 Å². The van der Waals surface area contributed by atoms with Gasteiger partial charge in [-0.3, -0.25) is 19.3 Å². The highest BCUT2D eigenvalue weighted by Gasteiger charge is 2.59. The van der Waals surface area contributed by atoms with E-state index in [1.165, 1.54) is 4.90 Å². The third-order valence-corrected chi connectivity index (χ3v) is 8.13. The number of hydrogen-bond acceptors (Lipinski definition) is 6. The standard InChI is InChI=1S/C21H32N4O5S/c1-20(2,3)30-19(29)23-10-4-6-13(23)17(27)24-11-5-8-21(24)9-7-15-25(18(21)28)14(12-31-15)16(22)26/h13-15H,4-12H2,1-3H3,(H2,22,26)/t13-,14+,15+,21+/m0/s1. The van der Waals surface area contributed by atoms with Gasteiger partial charge in [-0.25, -0.2) is 4.79 Å². The van der Waals surface area contributed by atoms with Gasteiger partial charge in [0.05, 0.1) is 5.37 Å². The number of nitrogens with zero attached hydrogens (tertiary/aromatic N) is 3. The zero-order valence-corrected chi connectivity index (χ0v) is 19.3. The summed E-state index contributed by atoms with van der Waals surface area (Å²) in [5, 5.41) is -0.0575. The number of fused-ring (bicyclic) bond motifs is 1. The highest BCUT2D eigenvalue weighted by molar-refractivity contribution is 8.00. The van der Waals surface area contributed by atoms with Crippen LogP contribution in [0.15, 0.2) is 0 Å². The molecule has 4 amide bonds. The molecule has 9 nitrogen and oxygen atoms in total. The predicted molar refractivity (Wildman–Crippen MR) is 115 cm³/mol. The third kappa shape index (κ3) is 3.76. The summed E-state index contributed by atoms with van der Waals surface area (Å²) in [4.78, 5) is 56.8. The number of hydrogen-bond donors (Lipinski definition) is 1. The molecule has 1 spiro atoms. The van der Waals surface area contributed by atoms with Crippen LogP contribution in [-0.2, 0) is 19.1 Å². The Bertz CT molecular complexity index is 799. The molecule has 0 aromatic heterocycles. The molecule has 0 radical (unpaired) electrons. The molecule has 0 bridgehead atoms. The molecule has 0 unspecified atom stereocenters. The minimum absolute atomic E-state index is 0.0575. The molecule has 4 aliphatic rings. The lowest BCUT2D eigenvalue weighted by Crippen LogP contribution is -2.66. The fourth-order valence-electron chi connectivity index (χ4n) is 5.41. The van der Waals surface area contributed by atoms with Gasteiger partial charge in [0.1, 0.15) is 23.2 Å². The zero-order chi connectivity index (χ0) is 22.6. The maximum Gasteiger partial charge on any atom is 0.410 e. The monoisotopic (exact) mass is 452 g/mol. The molecule has 172 valence electrons. The number of carbonyl (C=O) groups excluding carboxylic acids is 4. The number of amides is 4. The fraction of sp³-hybridized carbons (Fsp3) is 0.810. The van der Waals surface area contributed by atoms with Crippen LogP contribution >= 0.6 is 11.8 Å². The van der Waals surface area contributed by atoms with E-state index in [1.807, 2.05) is 0 Å². The van der Waals surface area contributed by atoms with Crippen LogP contribution in [0.2, 0.25) is 0 Å². The van der Waals surface area contributed by atoms with Gasteiger partial charge in [-0.05, 0) is 59.3 Å². The lowest BCUT2D eigenvalue weighted by molar-refractivity contribution is -0.160. The molecule has 4 atom stereocenters. The SMILES string of the molecule is CC(C)(C)OC(=O)N1CCC[C@H]1C(=O)N1CCC[C@]12CC[C@H]1SC[C@H](C(N)=O)N1C2=O. The molecular formula is C21H32N4O5S. The zero-order valence-electron chi connectivity index (χ0n) is 18.5. The van der Waals surface area contributed by atoms with Gasteiger partial charge in [0.15, 0.2) is 0 Å². The van der Waals surface area contributed by atoms with Gasteiger partial charge in [0.25, 0.3) is 0 Å². The van der Waals surface area contributed by atoms with Crippen LogP contribution in [0.4, 0.5) is 4.79 Å². The summed E-state index contributed by atoms with van der Waals surface area (Å²) in [6, 6.07) is -1.24. The van der Waals surface area contributed by atoms with E-state index in [9.17, 15) is 19.2 Å².